The average molecular weight is 177 g/mol. The Bertz CT molecular complexity index is 244. The molecule has 0 saturated heterocycles. The fraction of sp³-hybridized carbons (Fsp3) is 0.273. The second-order valence-corrected chi connectivity index (χ2v) is 2.82. The third kappa shape index (κ3) is 4.21. The second kappa shape index (κ2) is 6.12. The highest BCUT2D eigenvalue weighted by atomic mass is 16.2. The lowest BCUT2D eigenvalue weighted by atomic mass is 10.3. The summed E-state index contributed by atoms with van der Waals surface area (Å²) in [5.41, 5.74) is 1.15. The molecule has 0 fully saturated rings. The smallest absolute Gasteiger partial charge is 0.0751 e. The predicted octanol–water partition coefficient (Wildman–Crippen LogP) is 2.95. The van der Waals surface area contributed by atoms with Crippen molar-refractivity contribution in [2.24, 2.45) is 0 Å². The first-order valence-corrected chi connectivity index (χ1v) is 4.51. The van der Waals surface area contributed by atoms with E-state index in [0.717, 1.165) is 31.3 Å². The number of aliphatic hydroxyl groups excluding tert-OH is 1. The number of para-hydroxylation sites is 1. The summed E-state index contributed by atoms with van der Waals surface area (Å²) in [4.78, 5) is 0. The minimum Gasteiger partial charge on any atom is -0.516 e. The van der Waals surface area contributed by atoms with E-state index in [1.807, 2.05) is 30.3 Å². The van der Waals surface area contributed by atoms with Gasteiger partial charge in [-0.15, -0.1) is 0 Å². The van der Waals surface area contributed by atoms with Gasteiger partial charge in [-0.1, -0.05) is 24.3 Å². The molecule has 1 aromatic rings. The molecule has 13 heavy (non-hydrogen) atoms. The van der Waals surface area contributed by atoms with Gasteiger partial charge >= 0.3 is 0 Å². The molecular weight excluding hydrogens is 162 g/mol. The first kappa shape index (κ1) is 9.65. The summed E-state index contributed by atoms with van der Waals surface area (Å²) in [6, 6.07) is 10.1. The summed E-state index contributed by atoms with van der Waals surface area (Å²) in [5.74, 6) is 0. The van der Waals surface area contributed by atoms with Crippen LogP contribution in [0.25, 0.3) is 0 Å². The number of benzene rings is 1. The number of rotatable bonds is 5. The van der Waals surface area contributed by atoms with Gasteiger partial charge < -0.3 is 10.4 Å². The van der Waals surface area contributed by atoms with Crippen molar-refractivity contribution in [3.8, 4) is 0 Å². The van der Waals surface area contributed by atoms with Crippen molar-refractivity contribution in [2.75, 3.05) is 11.9 Å². The maximum Gasteiger partial charge on any atom is 0.0751 e. The van der Waals surface area contributed by atoms with Gasteiger partial charge in [0.2, 0.25) is 0 Å². The van der Waals surface area contributed by atoms with Crippen LogP contribution < -0.4 is 5.32 Å². The van der Waals surface area contributed by atoms with Crippen LogP contribution in [0.2, 0.25) is 0 Å². The molecule has 70 valence electrons. The van der Waals surface area contributed by atoms with Gasteiger partial charge in [0.15, 0.2) is 0 Å². The van der Waals surface area contributed by atoms with Crippen molar-refractivity contribution in [3.63, 3.8) is 0 Å². The fourth-order valence-corrected chi connectivity index (χ4v) is 1.08. The Morgan fingerprint density at radius 2 is 2.00 bits per heavy atom. The maximum absolute atomic E-state index is 8.38. The lowest BCUT2D eigenvalue weighted by Gasteiger charge is -2.03. The van der Waals surface area contributed by atoms with E-state index in [4.69, 9.17) is 5.11 Å². The maximum atomic E-state index is 8.38. The molecule has 1 aromatic carbocycles. The molecule has 0 atom stereocenters. The molecule has 0 aliphatic heterocycles. The molecule has 2 N–H and O–H groups in total. The molecule has 0 aromatic heterocycles. The van der Waals surface area contributed by atoms with E-state index in [-0.39, 0.29) is 0 Å². The Labute approximate surface area is 78.9 Å². The van der Waals surface area contributed by atoms with Crippen molar-refractivity contribution in [3.05, 3.63) is 42.7 Å². The van der Waals surface area contributed by atoms with Gasteiger partial charge in [-0.05, 0) is 25.0 Å². The molecule has 0 amide bonds. The van der Waals surface area contributed by atoms with Crippen molar-refractivity contribution < 1.29 is 5.11 Å². The van der Waals surface area contributed by atoms with Crippen molar-refractivity contribution in [1.29, 1.82) is 0 Å². The number of aliphatic hydroxyl groups is 1. The highest BCUT2D eigenvalue weighted by Gasteiger charge is 1.87. The molecular formula is C11H15NO. The molecule has 0 saturated carbocycles. The Morgan fingerprint density at radius 3 is 2.69 bits per heavy atom. The Kier molecular flexibility index (Phi) is 4.54. The first-order valence-electron chi connectivity index (χ1n) is 4.51. The number of unbranched alkanes of at least 4 members (excludes halogenated alkanes) is 1. The lowest BCUT2D eigenvalue weighted by Crippen LogP contribution is -2.00. The van der Waals surface area contributed by atoms with Gasteiger partial charge in [-0.2, -0.15) is 0 Å². The van der Waals surface area contributed by atoms with E-state index < -0.39 is 0 Å². The summed E-state index contributed by atoms with van der Waals surface area (Å²) in [6.07, 6.45) is 4.80. The van der Waals surface area contributed by atoms with Crippen molar-refractivity contribution >= 4 is 5.69 Å². The summed E-state index contributed by atoms with van der Waals surface area (Å²) in [7, 11) is 0. The highest BCUT2D eigenvalue weighted by Crippen LogP contribution is 2.04. The Balaban J connectivity index is 2.13. The van der Waals surface area contributed by atoms with Crippen LogP contribution in [0.4, 0.5) is 5.69 Å². The zero-order valence-corrected chi connectivity index (χ0v) is 7.61. The van der Waals surface area contributed by atoms with Crippen LogP contribution in [0.3, 0.4) is 0 Å². The van der Waals surface area contributed by atoms with Crippen molar-refractivity contribution in [1.82, 2.24) is 0 Å². The van der Waals surface area contributed by atoms with Crippen LogP contribution in [-0.2, 0) is 0 Å². The molecule has 0 spiro atoms. The van der Waals surface area contributed by atoms with Gasteiger partial charge in [0, 0.05) is 12.2 Å². The Morgan fingerprint density at radius 1 is 1.23 bits per heavy atom. The van der Waals surface area contributed by atoms with E-state index in [1.165, 1.54) is 0 Å². The van der Waals surface area contributed by atoms with E-state index in [9.17, 15) is 0 Å². The quantitative estimate of drug-likeness (QED) is 0.535. The van der Waals surface area contributed by atoms with Crippen molar-refractivity contribution in [2.45, 2.75) is 12.8 Å². The predicted molar refractivity (Wildman–Crippen MR) is 55.9 cm³/mol. The SMILES string of the molecule is OC=CCCCNc1ccccc1. The molecule has 1 rings (SSSR count). The van der Waals surface area contributed by atoms with E-state index in [2.05, 4.69) is 5.32 Å². The van der Waals surface area contributed by atoms with Crippen LogP contribution in [0.5, 0.6) is 0 Å². The third-order valence-corrected chi connectivity index (χ3v) is 1.76. The third-order valence-electron chi connectivity index (χ3n) is 1.76. The van der Waals surface area contributed by atoms with E-state index >= 15 is 0 Å². The summed E-state index contributed by atoms with van der Waals surface area (Å²) >= 11 is 0. The largest absolute Gasteiger partial charge is 0.516 e. The number of hydrogen-bond acceptors (Lipinski definition) is 2. The fourth-order valence-electron chi connectivity index (χ4n) is 1.08. The standard InChI is InChI=1S/C11H15NO/c13-10-6-2-5-9-12-11-7-3-1-4-8-11/h1,3-4,6-8,10,12-13H,2,5,9H2. The summed E-state index contributed by atoms with van der Waals surface area (Å²) in [6.45, 7) is 0.939. The number of nitrogens with one attached hydrogen (secondary N) is 1. The van der Waals surface area contributed by atoms with Crippen LogP contribution >= 0.6 is 0 Å². The highest BCUT2D eigenvalue weighted by molar-refractivity contribution is 5.42. The molecule has 0 aliphatic carbocycles. The van der Waals surface area contributed by atoms with E-state index in [1.54, 1.807) is 6.08 Å². The molecule has 0 bridgehead atoms. The number of allylic oxidation sites excluding steroid dienone is 1. The zero-order chi connectivity index (χ0) is 9.36. The molecule has 0 heterocycles. The summed E-state index contributed by atoms with van der Waals surface area (Å²) < 4.78 is 0. The lowest BCUT2D eigenvalue weighted by molar-refractivity contribution is 0.470. The minimum absolute atomic E-state index is 0.913. The summed E-state index contributed by atoms with van der Waals surface area (Å²) in [5, 5.41) is 11.7. The van der Waals surface area contributed by atoms with Gasteiger partial charge in [-0.3, -0.25) is 0 Å². The van der Waals surface area contributed by atoms with E-state index in [0.29, 0.717) is 0 Å². The van der Waals surface area contributed by atoms with Crippen LogP contribution in [0.15, 0.2) is 42.7 Å². The average Bonchev–Trinajstić information content (AvgIpc) is 2.19. The van der Waals surface area contributed by atoms with Gasteiger partial charge in [0.25, 0.3) is 0 Å². The topological polar surface area (TPSA) is 32.3 Å². The molecule has 0 radical (unpaired) electrons. The number of anilines is 1. The number of hydrogen-bond donors (Lipinski definition) is 2. The van der Waals surface area contributed by atoms with Gasteiger partial charge in [0.05, 0.1) is 6.26 Å². The van der Waals surface area contributed by atoms with Crippen LogP contribution in [-0.4, -0.2) is 11.7 Å². The monoisotopic (exact) mass is 177 g/mol. The first-order chi connectivity index (χ1) is 6.43. The molecule has 0 unspecified atom stereocenters. The molecule has 2 heteroatoms. The zero-order valence-electron chi connectivity index (χ0n) is 7.61. The Hall–Kier alpha value is -1.44. The molecule has 2 nitrogen and oxygen atoms in total. The second-order valence-electron chi connectivity index (χ2n) is 2.82. The van der Waals surface area contributed by atoms with Gasteiger partial charge in [-0.25, -0.2) is 0 Å². The van der Waals surface area contributed by atoms with Crippen LogP contribution in [0, 0.1) is 0 Å². The normalized spacial score (nSPS) is 10.5. The minimum atomic E-state index is 0.913. The molecule has 0 aliphatic rings. The van der Waals surface area contributed by atoms with Gasteiger partial charge in [0.1, 0.15) is 0 Å². The van der Waals surface area contributed by atoms with Crippen LogP contribution in [0.1, 0.15) is 12.8 Å².